The average molecular weight is 462 g/mol. The summed E-state index contributed by atoms with van der Waals surface area (Å²) in [5, 5.41) is 9.55. The molecule has 2 aromatic rings. The molecule has 1 aliphatic rings. The Hall–Kier alpha value is -2.30. The first-order valence-corrected chi connectivity index (χ1v) is 10.8. The first-order chi connectivity index (χ1) is 14.3. The van der Waals surface area contributed by atoms with E-state index in [4.69, 9.17) is 22.4 Å². The minimum Gasteiger partial charge on any atom is -0.489 e. The molecule has 0 radical (unpaired) electrons. The van der Waals surface area contributed by atoms with Crippen molar-refractivity contribution in [2.75, 3.05) is 6.61 Å². The third kappa shape index (κ3) is 6.34. The first-order valence-electron chi connectivity index (χ1n) is 9.41. The summed E-state index contributed by atoms with van der Waals surface area (Å²) in [5.41, 5.74) is -1.44. The fourth-order valence-electron chi connectivity index (χ4n) is 3.05. The van der Waals surface area contributed by atoms with E-state index in [0.29, 0.717) is 6.61 Å². The van der Waals surface area contributed by atoms with Gasteiger partial charge in [0.15, 0.2) is 0 Å². The highest BCUT2D eigenvalue weighted by molar-refractivity contribution is 7.86. The van der Waals surface area contributed by atoms with E-state index in [9.17, 15) is 18.3 Å². The molecule has 10 heteroatoms. The number of aliphatic hydroxyl groups excluding tert-OH is 1. The van der Waals surface area contributed by atoms with E-state index in [-0.39, 0.29) is 6.61 Å². The van der Waals surface area contributed by atoms with Gasteiger partial charge in [0.2, 0.25) is 0 Å². The topological polar surface area (TPSA) is 93.1 Å². The normalized spacial score (nSPS) is 18.3. The monoisotopic (exact) mass is 462 g/mol. The van der Waals surface area contributed by atoms with Crippen LogP contribution in [-0.4, -0.2) is 35.8 Å². The van der Waals surface area contributed by atoms with Gasteiger partial charge in [-0.05, 0) is 56.4 Å². The van der Waals surface area contributed by atoms with Crippen molar-refractivity contribution in [3.63, 3.8) is 0 Å². The third-order valence-electron chi connectivity index (χ3n) is 4.92. The highest BCUT2D eigenvalue weighted by atomic mass is 32.2. The SMILES string of the molecule is Cc1cc(OCc2ccccc2)c(C)c2c1O[C@](C)(CO)CC2.O=S(=O)(O)C(F)(F)F. The van der Waals surface area contributed by atoms with E-state index in [0.717, 1.165) is 41.0 Å². The maximum absolute atomic E-state index is 10.7. The molecule has 0 bridgehead atoms. The Kier molecular flexibility index (Phi) is 7.61. The predicted molar refractivity (Wildman–Crippen MR) is 109 cm³/mol. The largest absolute Gasteiger partial charge is 0.522 e. The Bertz CT molecular complexity index is 1010. The summed E-state index contributed by atoms with van der Waals surface area (Å²) >= 11 is 0. The number of benzene rings is 2. The highest BCUT2D eigenvalue weighted by Gasteiger charge is 2.44. The summed E-state index contributed by atoms with van der Waals surface area (Å²) in [6.07, 6.45) is 1.72. The van der Waals surface area contributed by atoms with Crippen LogP contribution in [-0.2, 0) is 23.1 Å². The lowest BCUT2D eigenvalue weighted by Crippen LogP contribution is -2.40. The lowest BCUT2D eigenvalue weighted by atomic mass is 9.89. The molecule has 0 saturated carbocycles. The second kappa shape index (κ2) is 9.46. The number of aliphatic hydroxyl groups is 1. The molecule has 31 heavy (non-hydrogen) atoms. The second-order valence-electron chi connectivity index (χ2n) is 7.53. The summed E-state index contributed by atoms with van der Waals surface area (Å²) in [4.78, 5) is 0. The number of hydrogen-bond acceptors (Lipinski definition) is 5. The summed E-state index contributed by atoms with van der Waals surface area (Å²) in [5.74, 6) is 1.83. The van der Waals surface area contributed by atoms with Crippen molar-refractivity contribution in [1.82, 2.24) is 0 Å². The number of ether oxygens (including phenoxy) is 2. The Morgan fingerprint density at radius 1 is 1.19 bits per heavy atom. The Balaban J connectivity index is 0.000000366. The molecule has 1 atom stereocenters. The highest BCUT2D eigenvalue weighted by Crippen LogP contribution is 2.41. The number of rotatable bonds is 4. The van der Waals surface area contributed by atoms with Crippen LogP contribution >= 0.6 is 0 Å². The van der Waals surface area contributed by atoms with Gasteiger partial charge in [0.1, 0.15) is 23.7 Å². The number of halogens is 3. The zero-order chi connectivity index (χ0) is 23.4. The minimum absolute atomic E-state index is 0.0389. The Labute approximate surface area is 179 Å². The predicted octanol–water partition coefficient (Wildman–Crippen LogP) is 4.35. The molecule has 2 aromatic carbocycles. The molecule has 0 amide bonds. The molecule has 1 aliphatic heterocycles. The van der Waals surface area contributed by atoms with Crippen molar-refractivity contribution in [2.24, 2.45) is 0 Å². The number of alkyl halides is 3. The average Bonchev–Trinajstić information content (AvgIpc) is 2.69. The Morgan fingerprint density at radius 3 is 2.29 bits per heavy atom. The van der Waals surface area contributed by atoms with Crippen LogP contribution in [0, 0.1) is 13.8 Å². The second-order valence-corrected chi connectivity index (χ2v) is 8.94. The lowest BCUT2D eigenvalue weighted by Gasteiger charge is -2.36. The maximum Gasteiger partial charge on any atom is 0.522 e. The lowest BCUT2D eigenvalue weighted by molar-refractivity contribution is -0.0510. The molecule has 2 N–H and O–H groups in total. The van der Waals surface area contributed by atoms with E-state index >= 15 is 0 Å². The molecule has 0 fully saturated rings. The van der Waals surface area contributed by atoms with Gasteiger partial charge in [-0.3, -0.25) is 4.55 Å². The minimum atomic E-state index is -5.84. The van der Waals surface area contributed by atoms with Crippen LogP contribution in [0.15, 0.2) is 36.4 Å². The number of hydrogen-bond donors (Lipinski definition) is 2. The smallest absolute Gasteiger partial charge is 0.489 e. The number of aryl methyl sites for hydroxylation is 1. The molecule has 0 aliphatic carbocycles. The van der Waals surface area contributed by atoms with E-state index in [1.807, 2.05) is 38.1 Å². The van der Waals surface area contributed by atoms with E-state index in [2.05, 4.69) is 19.1 Å². The third-order valence-corrected chi connectivity index (χ3v) is 5.50. The zero-order valence-electron chi connectivity index (χ0n) is 17.4. The van der Waals surface area contributed by atoms with Crippen molar-refractivity contribution < 1.29 is 40.7 Å². The van der Waals surface area contributed by atoms with E-state index < -0.39 is 21.2 Å². The molecule has 172 valence electrons. The summed E-state index contributed by atoms with van der Waals surface area (Å²) in [7, 11) is -5.84. The van der Waals surface area contributed by atoms with Gasteiger partial charge in [0, 0.05) is 5.56 Å². The fraction of sp³-hybridized carbons (Fsp3) is 0.429. The first kappa shape index (κ1) is 25.0. The molecule has 6 nitrogen and oxygen atoms in total. The van der Waals surface area contributed by atoms with Crippen LogP contribution in [0.1, 0.15) is 35.6 Å². The van der Waals surface area contributed by atoms with Crippen molar-refractivity contribution in [2.45, 2.75) is 51.3 Å². The molecular weight excluding hydrogens is 437 g/mol. The quantitative estimate of drug-likeness (QED) is 0.518. The Morgan fingerprint density at radius 2 is 1.77 bits per heavy atom. The van der Waals surface area contributed by atoms with Crippen LogP contribution in [0.25, 0.3) is 0 Å². The van der Waals surface area contributed by atoms with Crippen LogP contribution in [0.3, 0.4) is 0 Å². The molecule has 1 heterocycles. The fourth-order valence-corrected chi connectivity index (χ4v) is 3.05. The van der Waals surface area contributed by atoms with Crippen LogP contribution in [0.2, 0.25) is 0 Å². The van der Waals surface area contributed by atoms with Gasteiger partial charge in [-0.15, -0.1) is 0 Å². The van der Waals surface area contributed by atoms with Crippen molar-refractivity contribution in [3.05, 3.63) is 58.7 Å². The van der Waals surface area contributed by atoms with Crippen molar-refractivity contribution in [1.29, 1.82) is 0 Å². The standard InChI is InChI=1S/C20H24O3.CHF3O3S/c1-14-11-18(22-12-16-7-5-4-6-8-16)15(2)17-9-10-20(3,13-21)23-19(14)17;2-1(3,4)8(5,6)7/h4-8,11,21H,9-10,12-13H2,1-3H3;(H,5,6,7)/t20-;/m0./s1. The zero-order valence-corrected chi connectivity index (χ0v) is 18.2. The molecule has 0 saturated heterocycles. The molecular formula is C21H25F3O6S. The van der Waals surface area contributed by atoms with Gasteiger partial charge in [-0.1, -0.05) is 30.3 Å². The van der Waals surface area contributed by atoms with Crippen LogP contribution in [0.4, 0.5) is 13.2 Å². The van der Waals surface area contributed by atoms with Gasteiger partial charge < -0.3 is 14.6 Å². The van der Waals surface area contributed by atoms with Gasteiger partial charge in [-0.25, -0.2) is 0 Å². The molecule has 0 spiro atoms. The van der Waals surface area contributed by atoms with Gasteiger partial charge in [0.25, 0.3) is 0 Å². The summed E-state index contributed by atoms with van der Waals surface area (Å²) in [6.45, 7) is 6.69. The molecule has 0 aromatic heterocycles. The number of fused-ring (bicyclic) bond motifs is 1. The van der Waals surface area contributed by atoms with E-state index in [1.165, 1.54) is 5.56 Å². The molecule has 3 rings (SSSR count). The summed E-state index contributed by atoms with van der Waals surface area (Å²) < 4.78 is 69.7. The summed E-state index contributed by atoms with van der Waals surface area (Å²) in [6, 6.07) is 12.2. The van der Waals surface area contributed by atoms with Crippen LogP contribution < -0.4 is 9.47 Å². The maximum atomic E-state index is 10.7. The van der Waals surface area contributed by atoms with Gasteiger partial charge >= 0.3 is 15.6 Å². The van der Waals surface area contributed by atoms with Crippen molar-refractivity contribution in [3.8, 4) is 11.5 Å². The van der Waals surface area contributed by atoms with Crippen molar-refractivity contribution >= 4 is 10.1 Å². The van der Waals surface area contributed by atoms with Gasteiger partial charge in [-0.2, -0.15) is 21.6 Å². The molecule has 0 unspecified atom stereocenters. The van der Waals surface area contributed by atoms with Gasteiger partial charge in [0.05, 0.1) is 6.61 Å². The van der Waals surface area contributed by atoms with Crippen LogP contribution in [0.5, 0.6) is 11.5 Å². The van der Waals surface area contributed by atoms with E-state index in [1.54, 1.807) is 0 Å².